The summed E-state index contributed by atoms with van der Waals surface area (Å²) >= 11 is 0. The third-order valence-corrected chi connectivity index (χ3v) is 2.10. The van der Waals surface area contributed by atoms with Crippen molar-refractivity contribution in [1.82, 2.24) is 0 Å². The average Bonchev–Trinajstić information content (AvgIpc) is 1.82. The second-order valence-electron chi connectivity index (χ2n) is 3.18. The highest BCUT2D eigenvalue weighted by molar-refractivity contribution is 6.10. The van der Waals surface area contributed by atoms with E-state index in [1.165, 1.54) is 0 Å². The van der Waals surface area contributed by atoms with Crippen molar-refractivity contribution in [3.05, 3.63) is 0 Å². The molecule has 0 amide bonds. The smallest absolute Gasteiger partial charge is 0.314 e. The van der Waals surface area contributed by atoms with E-state index in [9.17, 15) is 14.4 Å². The van der Waals surface area contributed by atoms with Gasteiger partial charge in [-0.3, -0.25) is 14.4 Å². The van der Waals surface area contributed by atoms with Gasteiger partial charge < -0.3 is 5.11 Å². The highest BCUT2D eigenvalue weighted by atomic mass is 16.4. The van der Waals surface area contributed by atoms with Crippen molar-refractivity contribution in [2.75, 3.05) is 0 Å². The Bertz CT molecular complexity index is 243. The molecule has 0 radical (unpaired) electrons. The lowest BCUT2D eigenvalue weighted by atomic mass is 9.79. The van der Waals surface area contributed by atoms with Gasteiger partial charge in [0.1, 0.15) is 11.7 Å². The van der Waals surface area contributed by atoms with Gasteiger partial charge in [-0.1, -0.05) is 6.92 Å². The molecule has 66 valence electrons. The molecular formula is C8H10O4. The number of ketones is 2. The van der Waals surface area contributed by atoms with Gasteiger partial charge in [0, 0.05) is 6.42 Å². The zero-order chi connectivity index (χ0) is 9.30. The van der Waals surface area contributed by atoms with Crippen LogP contribution < -0.4 is 0 Å². The van der Waals surface area contributed by atoms with Crippen molar-refractivity contribution in [2.24, 2.45) is 11.8 Å². The van der Waals surface area contributed by atoms with Crippen LogP contribution in [0.3, 0.4) is 0 Å². The first-order valence-electron chi connectivity index (χ1n) is 3.79. The summed E-state index contributed by atoms with van der Waals surface area (Å²) in [5, 5.41) is 8.63. The largest absolute Gasteiger partial charge is 0.481 e. The Morgan fingerprint density at radius 1 is 1.50 bits per heavy atom. The quantitative estimate of drug-likeness (QED) is 0.573. The van der Waals surface area contributed by atoms with Crippen LogP contribution >= 0.6 is 0 Å². The molecule has 1 aliphatic carbocycles. The number of carbonyl (C=O) groups is 3. The molecule has 0 spiro atoms. The zero-order valence-corrected chi connectivity index (χ0v) is 6.74. The molecule has 1 fully saturated rings. The van der Waals surface area contributed by atoms with Crippen LogP contribution in [-0.4, -0.2) is 22.6 Å². The van der Waals surface area contributed by atoms with Gasteiger partial charge in [0.15, 0.2) is 5.78 Å². The Morgan fingerprint density at radius 3 is 2.50 bits per heavy atom. The molecule has 0 heterocycles. The van der Waals surface area contributed by atoms with Crippen molar-refractivity contribution in [3.63, 3.8) is 0 Å². The lowest BCUT2D eigenvalue weighted by Crippen LogP contribution is -2.37. The standard InChI is InChI=1S/C8H10O4/c1-4-2-5(9)3-6(10)7(4)8(11)12/h4,7H,2-3H2,1H3,(H,11,12)/t4-,7-/m1/s1. The Labute approximate surface area is 69.6 Å². The summed E-state index contributed by atoms with van der Waals surface area (Å²) in [4.78, 5) is 32.4. The number of carboxylic acids is 1. The molecular weight excluding hydrogens is 160 g/mol. The second-order valence-corrected chi connectivity index (χ2v) is 3.18. The van der Waals surface area contributed by atoms with Gasteiger partial charge in [-0.05, 0) is 5.92 Å². The van der Waals surface area contributed by atoms with E-state index >= 15 is 0 Å². The highest BCUT2D eigenvalue weighted by Gasteiger charge is 2.37. The van der Waals surface area contributed by atoms with Crippen LogP contribution in [0.1, 0.15) is 19.8 Å². The molecule has 0 aromatic rings. The van der Waals surface area contributed by atoms with Crippen molar-refractivity contribution >= 4 is 17.5 Å². The summed E-state index contributed by atoms with van der Waals surface area (Å²) in [7, 11) is 0. The van der Waals surface area contributed by atoms with Crippen LogP contribution in [0.4, 0.5) is 0 Å². The highest BCUT2D eigenvalue weighted by Crippen LogP contribution is 2.24. The lowest BCUT2D eigenvalue weighted by molar-refractivity contribution is -0.151. The molecule has 4 nitrogen and oxygen atoms in total. The minimum Gasteiger partial charge on any atom is -0.481 e. The number of Topliss-reactive ketones (excluding diaryl/α,β-unsaturated/α-hetero) is 2. The normalized spacial score (nSPS) is 30.4. The number of hydrogen-bond donors (Lipinski definition) is 1. The van der Waals surface area contributed by atoms with Crippen LogP contribution in [0, 0.1) is 11.8 Å². The summed E-state index contributed by atoms with van der Waals surface area (Å²) in [6.07, 6.45) is 0.00398. The summed E-state index contributed by atoms with van der Waals surface area (Å²) in [5.74, 6) is -3.03. The van der Waals surface area contributed by atoms with Crippen LogP contribution in [0.25, 0.3) is 0 Å². The van der Waals surface area contributed by atoms with Gasteiger partial charge in [0.2, 0.25) is 0 Å². The molecule has 0 unspecified atom stereocenters. The Morgan fingerprint density at radius 2 is 2.08 bits per heavy atom. The molecule has 0 aromatic carbocycles. The summed E-state index contributed by atoms with van der Waals surface area (Å²) < 4.78 is 0. The summed E-state index contributed by atoms with van der Waals surface area (Å²) in [6, 6.07) is 0. The number of aliphatic carboxylic acids is 1. The molecule has 4 heteroatoms. The van der Waals surface area contributed by atoms with Gasteiger partial charge in [-0.15, -0.1) is 0 Å². The van der Waals surface area contributed by atoms with Gasteiger partial charge in [-0.2, -0.15) is 0 Å². The van der Waals surface area contributed by atoms with Crippen LogP contribution in [-0.2, 0) is 14.4 Å². The number of carbonyl (C=O) groups excluding carboxylic acids is 2. The average molecular weight is 170 g/mol. The Balaban J connectivity index is 2.80. The van der Waals surface area contributed by atoms with Crippen molar-refractivity contribution in [2.45, 2.75) is 19.8 Å². The minimum absolute atomic E-state index is 0.148. The van der Waals surface area contributed by atoms with Gasteiger partial charge in [-0.25, -0.2) is 0 Å². The summed E-state index contributed by atoms with van der Waals surface area (Å²) in [6.45, 7) is 1.62. The SMILES string of the molecule is C[C@@H]1CC(=O)CC(=O)[C@@H]1C(=O)O. The number of hydrogen-bond acceptors (Lipinski definition) is 3. The summed E-state index contributed by atoms with van der Waals surface area (Å²) in [5.41, 5.74) is 0. The van der Waals surface area contributed by atoms with Gasteiger partial charge in [0.05, 0.1) is 6.42 Å². The first-order chi connectivity index (χ1) is 5.52. The van der Waals surface area contributed by atoms with E-state index < -0.39 is 17.7 Å². The van der Waals surface area contributed by atoms with Crippen molar-refractivity contribution < 1.29 is 19.5 Å². The molecule has 1 rings (SSSR count). The fourth-order valence-electron chi connectivity index (χ4n) is 1.55. The van der Waals surface area contributed by atoms with Crippen molar-refractivity contribution in [3.8, 4) is 0 Å². The third-order valence-electron chi connectivity index (χ3n) is 2.10. The van der Waals surface area contributed by atoms with Crippen molar-refractivity contribution in [1.29, 1.82) is 0 Å². The Hall–Kier alpha value is -1.19. The fourth-order valence-corrected chi connectivity index (χ4v) is 1.55. The van der Waals surface area contributed by atoms with E-state index in [2.05, 4.69) is 0 Å². The van der Waals surface area contributed by atoms with E-state index in [-0.39, 0.29) is 24.5 Å². The van der Waals surface area contributed by atoms with E-state index in [1.54, 1.807) is 6.92 Å². The second kappa shape index (κ2) is 3.05. The maximum Gasteiger partial charge on any atom is 0.314 e. The van der Waals surface area contributed by atoms with E-state index in [4.69, 9.17) is 5.11 Å². The molecule has 1 N–H and O–H groups in total. The molecule has 1 aliphatic rings. The lowest BCUT2D eigenvalue weighted by Gasteiger charge is -2.22. The third kappa shape index (κ3) is 1.52. The maximum atomic E-state index is 11.1. The molecule has 0 aliphatic heterocycles. The predicted molar refractivity (Wildman–Crippen MR) is 39.5 cm³/mol. The first-order valence-corrected chi connectivity index (χ1v) is 3.79. The number of rotatable bonds is 1. The molecule has 0 aromatic heterocycles. The molecule has 12 heavy (non-hydrogen) atoms. The topological polar surface area (TPSA) is 71.4 Å². The minimum atomic E-state index is -1.11. The Kier molecular flexibility index (Phi) is 2.26. The molecule has 0 bridgehead atoms. The van der Waals surface area contributed by atoms with E-state index in [0.29, 0.717) is 0 Å². The van der Waals surface area contributed by atoms with E-state index in [0.717, 1.165) is 0 Å². The van der Waals surface area contributed by atoms with Crippen LogP contribution in [0.2, 0.25) is 0 Å². The zero-order valence-electron chi connectivity index (χ0n) is 6.74. The molecule has 2 atom stereocenters. The maximum absolute atomic E-state index is 11.1. The van der Waals surface area contributed by atoms with Crippen LogP contribution in [0.15, 0.2) is 0 Å². The number of carboxylic acid groups (broad SMARTS) is 1. The fraction of sp³-hybridized carbons (Fsp3) is 0.625. The molecule has 0 saturated heterocycles. The van der Waals surface area contributed by atoms with E-state index in [1.807, 2.05) is 0 Å². The monoisotopic (exact) mass is 170 g/mol. The van der Waals surface area contributed by atoms with Gasteiger partial charge in [0.25, 0.3) is 0 Å². The van der Waals surface area contributed by atoms with Crippen LogP contribution in [0.5, 0.6) is 0 Å². The predicted octanol–water partition coefficient (Wildman–Crippen LogP) is 0.255. The molecule has 1 saturated carbocycles. The van der Waals surface area contributed by atoms with Gasteiger partial charge >= 0.3 is 5.97 Å². The first kappa shape index (κ1) is 8.90.